The number of benzene rings is 2. The minimum atomic E-state index is -4.70. The van der Waals surface area contributed by atoms with Crippen LogP contribution in [-0.2, 0) is 12.6 Å². The number of halogens is 5. The first kappa shape index (κ1) is 30.2. The second-order valence-electron chi connectivity index (χ2n) is 10.9. The largest absolute Gasteiger partial charge is 0.586 e. The number of hydrogen-bond donors (Lipinski definition) is 2. The summed E-state index contributed by atoms with van der Waals surface area (Å²) in [6, 6.07) is 13.0. The average Bonchev–Trinajstić information content (AvgIpc) is 3.54. The minimum Gasteiger partial charge on any atom is -0.484 e. The third kappa shape index (κ3) is 6.08. The van der Waals surface area contributed by atoms with Crippen LogP contribution in [0.15, 0.2) is 60.8 Å². The topological polar surface area (TPSA) is 108 Å². The van der Waals surface area contributed by atoms with E-state index in [2.05, 4.69) is 24.9 Å². The Balaban J connectivity index is 1.28. The van der Waals surface area contributed by atoms with E-state index in [0.717, 1.165) is 0 Å². The second-order valence-corrected chi connectivity index (χ2v) is 10.9. The smallest absolute Gasteiger partial charge is 0.484 e. The summed E-state index contributed by atoms with van der Waals surface area (Å²) in [5.41, 5.74) is 0.374. The van der Waals surface area contributed by atoms with E-state index in [9.17, 15) is 31.9 Å². The summed E-state index contributed by atoms with van der Waals surface area (Å²) in [7, 11) is 0. The van der Waals surface area contributed by atoms with Gasteiger partial charge in [-0.3, -0.25) is 0 Å². The summed E-state index contributed by atoms with van der Waals surface area (Å²) in [5, 5.41) is 16.4. The number of anilines is 1. The van der Waals surface area contributed by atoms with Crippen LogP contribution in [0.3, 0.4) is 0 Å². The average molecular weight is 631 g/mol. The molecule has 2 aromatic heterocycles. The molecule has 3 heterocycles. The molecule has 6 rings (SSSR count). The highest BCUT2D eigenvalue weighted by molar-refractivity contribution is 5.87. The van der Waals surface area contributed by atoms with Crippen LogP contribution in [-0.4, -0.2) is 38.2 Å². The van der Waals surface area contributed by atoms with Gasteiger partial charge in [0.2, 0.25) is 0 Å². The highest BCUT2D eigenvalue weighted by Crippen LogP contribution is 2.44. The van der Waals surface area contributed by atoms with Gasteiger partial charge >= 0.3 is 18.4 Å². The normalized spacial score (nSPS) is 18.2. The maximum Gasteiger partial charge on any atom is 0.586 e. The molecule has 236 valence electrons. The van der Waals surface area contributed by atoms with Crippen molar-refractivity contribution >= 4 is 11.8 Å². The van der Waals surface area contributed by atoms with E-state index in [-0.39, 0.29) is 46.7 Å². The van der Waals surface area contributed by atoms with Gasteiger partial charge < -0.3 is 24.6 Å². The first-order chi connectivity index (χ1) is 21.3. The van der Waals surface area contributed by atoms with Crippen molar-refractivity contribution in [3.63, 3.8) is 0 Å². The van der Waals surface area contributed by atoms with Crippen LogP contribution in [0.25, 0.3) is 5.69 Å². The van der Waals surface area contributed by atoms with Gasteiger partial charge in [-0.25, -0.2) is 14.5 Å². The summed E-state index contributed by atoms with van der Waals surface area (Å²) in [6.45, 7) is 3.73. The van der Waals surface area contributed by atoms with Crippen molar-refractivity contribution in [2.24, 2.45) is 0 Å². The Bertz CT molecular complexity index is 1740. The first-order valence-electron chi connectivity index (χ1n) is 14.1. The van der Waals surface area contributed by atoms with Gasteiger partial charge in [0.05, 0.1) is 16.9 Å². The van der Waals surface area contributed by atoms with Crippen LogP contribution >= 0.6 is 0 Å². The summed E-state index contributed by atoms with van der Waals surface area (Å²) in [4.78, 5) is 15.6. The van der Waals surface area contributed by atoms with Crippen LogP contribution < -0.4 is 19.5 Å². The van der Waals surface area contributed by atoms with E-state index in [0.29, 0.717) is 35.7 Å². The van der Waals surface area contributed by atoms with Crippen LogP contribution in [0.2, 0.25) is 0 Å². The summed E-state index contributed by atoms with van der Waals surface area (Å²) in [6.07, 6.45) is -6.75. The predicted molar refractivity (Wildman–Crippen MR) is 150 cm³/mol. The van der Waals surface area contributed by atoms with Crippen molar-refractivity contribution in [2.45, 2.75) is 63.6 Å². The fourth-order valence-corrected chi connectivity index (χ4v) is 5.55. The number of aromatic nitrogens is 3. The molecule has 0 spiro atoms. The predicted octanol–water partition coefficient (Wildman–Crippen LogP) is 7.37. The van der Waals surface area contributed by atoms with Crippen molar-refractivity contribution in [2.75, 3.05) is 5.32 Å². The Labute approximate surface area is 253 Å². The molecule has 0 bridgehead atoms. The van der Waals surface area contributed by atoms with Crippen LogP contribution in [0, 0.1) is 0 Å². The van der Waals surface area contributed by atoms with E-state index in [4.69, 9.17) is 4.74 Å². The van der Waals surface area contributed by atoms with Gasteiger partial charge in [0.25, 0.3) is 0 Å². The number of fused-ring (bicyclic) bond motifs is 2. The number of nitrogens with zero attached hydrogens (tertiary/aromatic N) is 3. The molecule has 1 aliphatic heterocycles. The van der Waals surface area contributed by atoms with Crippen LogP contribution in [0.5, 0.6) is 17.2 Å². The first-order valence-corrected chi connectivity index (χ1v) is 14.1. The molecule has 0 radical (unpaired) electrons. The van der Waals surface area contributed by atoms with Crippen molar-refractivity contribution in [3.05, 3.63) is 88.9 Å². The van der Waals surface area contributed by atoms with Crippen molar-refractivity contribution in [3.8, 4) is 22.9 Å². The van der Waals surface area contributed by atoms with Gasteiger partial charge in [-0.05, 0) is 74.2 Å². The van der Waals surface area contributed by atoms with Gasteiger partial charge in [-0.15, -0.1) is 8.78 Å². The highest BCUT2D eigenvalue weighted by Gasteiger charge is 2.44. The zero-order valence-corrected chi connectivity index (χ0v) is 23.9. The van der Waals surface area contributed by atoms with Gasteiger partial charge in [0.15, 0.2) is 17.2 Å². The highest BCUT2D eigenvalue weighted by atomic mass is 19.4. The molecule has 14 heteroatoms. The van der Waals surface area contributed by atoms with E-state index in [1.54, 1.807) is 12.1 Å². The number of carbonyl (C=O) groups is 1. The van der Waals surface area contributed by atoms with E-state index < -0.39 is 30.2 Å². The Kier molecular flexibility index (Phi) is 7.53. The maximum atomic E-state index is 14.2. The molecule has 45 heavy (non-hydrogen) atoms. The quantitative estimate of drug-likeness (QED) is 0.195. The van der Waals surface area contributed by atoms with Crippen molar-refractivity contribution < 1.29 is 46.1 Å². The molecule has 2 aromatic carbocycles. The Hall–Kier alpha value is -4.88. The van der Waals surface area contributed by atoms with Crippen molar-refractivity contribution in [1.29, 1.82) is 0 Å². The van der Waals surface area contributed by atoms with E-state index in [1.807, 2.05) is 13.8 Å². The molecule has 1 unspecified atom stereocenters. The zero-order chi connectivity index (χ0) is 32.1. The number of alkyl halides is 5. The number of nitrogens with one attached hydrogen (secondary N) is 1. The molecular formula is C31H27F5N4O5. The fraction of sp³-hybridized carbons (Fsp3) is 0.323. The Morgan fingerprint density at radius 3 is 2.53 bits per heavy atom. The third-order valence-corrected chi connectivity index (χ3v) is 7.93. The second kappa shape index (κ2) is 11.2. The van der Waals surface area contributed by atoms with Crippen molar-refractivity contribution in [1.82, 2.24) is 14.8 Å². The number of carboxylic acid groups (broad SMARTS) is 1. The summed E-state index contributed by atoms with van der Waals surface area (Å²) < 4.78 is 85.8. The number of pyridine rings is 1. The number of rotatable bonds is 8. The minimum absolute atomic E-state index is 0.0441. The van der Waals surface area contributed by atoms with Gasteiger partial charge in [0, 0.05) is 29.8 Å². The molecular weight excluding hydrogens is 603 g/mol. The molecule has 9 nitrogen and oxygen atoms in total. The molecule has 2 aliphatic rings. The lowest BCUT2D eigenvalue weighted by Gasteiger charge is -2.26. The summed E-state index contributed by atoms with van der Waals surface area (Å²) in [5.74, 6) is -0.804. The SMILES string of the molecule is CC(Nc1cc(-n2nc(C(F)(F)F)c3c2[C@@H](Oc2ccc(C(=O)O)cc2)CCC3)ccn1)[C@@H](C)c1ccc2c(c1)OC(F)(F)O2. The van der Waals surface area contributed by atoms with Gasteiger partial charge in [-0.1, -0.05) is 13.0 Å². The lowest BCUT2D eigenvalue weighted by Crippen LogP contribution is -2.26. The molecule has 1 aliphatic carbocycles. The lowest BCUT2D eigenvalue weighted by molar-refractivity contribution is -0.286. The van der Waals surface area contributed by atoms with E-state index in [1.165, 1.54) is 53.3 Å². The van der Waals surface area contributed by atoms with Crippen LogP contribution in [0.4, 0.5) is 27.8 Å². The molecule has 4 aromatic rings. The fourth-order valence-electron chi connectivity index (χ4n) is 5.55. The maximum absolute atomic E-state index is 14.2. The third-order valence-electron chi connectivity index (χ3n) is 7.93. The number of ether oxygens (including phenoxy) is 3. The molecule has 2 N–H and O–H groups in total. The molecule has 0 saturated carbocycles. The lowest BCUT2D eigenvalue weighted by atomic mass is 9.93. The molecule has 0 saturated heterocycles. The van der Waals surface area contributed by atoms with Gasteiger partial charge in [0.1, 0.15) is 17.7 Å². The number of hydrogen-bond acceptors (Lipinski definition) is 7. The Morgan fingerprint density at radius 1 is 1.09 bits per heavy atom. The molecule has 0 amide bonds. The Morgan fingerprint density at radius 2 is 1.82 bits per heavy atom. The number of aromatic carboxylic acids is 1. The molecule has 3 atom stereocenters. The molecule has 0 fully saturated rings. The standard InChI is InChI=1S/C31H27F5N4O5/c1-16(19-8-11-23-25(14-19)45-31(35,36)44-23)17(2)38-26-15-20(12-13-37-26)40-27-22(28(39-40)30(32,33)34)4-3-5-24(27)43-21-9-6-18(7-10-21)29(41)42/h6-17,24H,3-5H2,1-2H3,(H,37,38)(H,41,42)/t16-,17?,24+/m1/s1. The monoisotopic (exact) mass is 630 g/mol. The van der Waals surface area contributed by atoms with Gasteiger partial charge in [-0.2, -0.15) is 18.3 Å². The van der Waals surface area contributed by atoms with Crippen LogP contribution in [0.1, 0.15) is 71.6 Å². The zero-order valence-electron chi connectivity index (χ0n) is 23.9. The van der Waals surface area contributed by atoms with E-state index >= 15 is 0 Å². The number of carboxylic acids is 1. The summed E-state index contributed by atoms with van der Waals surface area (Å²) >= 11 is 0.